The lowest BCUT2D eigenvalue weighted by Gasteiger charge is -2.40. The molecule has 0 bridgehead atoms. The average Bonchev–Trinajstić information content (AvgIpc) is 3.03. The van der Waals surface area contributed by atoms with Gasteiger partial charge in [0.05, 0.1) is 26.2 Å². The van der Waals surface area contributed by atoms with E-state index in [4.69, 9.17) is 0 Å². The lowest BCUT2D eigenvalue weighted by molar-refractivity contribution is -0.929. The zero-order chi connectivity index (χ0) is 32.1. The molecule has 0 amide bonds. The van der Waals surface area contributed by atoms with Gasteiger partial charge >= 0.3 is 0 Å². The molecular formula is C43H90N+. The summed E-state index contributed by atoms with van der Waals surface area (Å²) in [6.07, 6.45) is 51.2. The predicted molar refractivity (Wildman–Crippen MR) is 204 cm³/mol. The molecule has 0 saturated carbocycles. The second-order valence-electron chi connectivity index (χ2n) is 15.2. The highest BCUT2D eigenvalue weighted by molar-refractivity contribution is 4.56. The van der Waals surface area contributed by atoms with Gasteiger partial charge in [0, 0.05) is 0 Å². The molecule has 0 saturated heterocycles. The van der Waals surface area contributed by atoms with E-state index in [1.807, 2.05) is 0 Å². The Morgan fingerprint density at radius 2 is 0.318 bits per heavy atom. The highest BCUT2D eigenvalue weighted by Crippen LogP contribution is 2.21. The van der Waals surface area contributed by atoms with Crippen LogP contribution in [0.2, 0.25) is 0 Å². The number of unbranched alkanes of at least 4 members (excludes halogenated alkanes) is 31. The lowest BCUT2D eigenvalue weighted by Crippen LogP contribution is -2.50. The summed E-state index contributed by atoms with van der Waals surface area (Å²) in [4.78, 5) is 0. The first-order valence-electron chi connectivity index (χ1n) is 21.6. The Labute approximate surface area is 282 Å². The summed E-state index contributed by atoms with van der Waals surface area (Å²) in [6, 6.07) is 0. The normalized spacial score (nSPS) is 12.0. The second kappa shape index (κ2) is 37.4. The summed E-state index contributed by atoms with van der Waals surface area (Å²) in [5, 5.41) is 0. The van der Waals surface area contributed by atoms with Gasteiger partial charge in [0.2, 0.25) is 0 Å². The third-order valence-electron chi connectivity index (χ3n) is 10.7. The summed E-state index contributed by atoms with van der Waals surface area (Å²) in [5.41, 5.74) is 0. The third kappa shape index (κ3) is 31.9. The van der Waals surface area contributed by atoms with Gasteiger partial charge in [-0.25, -0.2) is 0 Å². The van der Waals surface area contributed by atoms with Crippen molar-refractivity contribution >= 4 is 0 Å². The van der Waals surface area contributed by atoms with Gasteiger partial charge in [-0.05, 0) is 51.4 Å². The van der Waals surface area contributed by atoms with Crippen LogP contribution in [0.4, 0.5) is 0 Å². The Kier molecular flexibility index (Phi) is 37.4. The third-order valence-corrected chi connectivity index (χ3v) is 10.7. The van der Waals surface area contributed by atoms with Crippen LogP contribution in [0.15, 0.2) is 0 Å². The number of nitrogens with zero attached hydrogens (tertiary/aromatic N) is 1. The van der Waals surface area contributed by atoms with Crippen molar-refractivity contribution in [3.05, 3.63) is 0 Å². The fourth-order valence-corrected chi connectivity index (χ4v) is 7.53. The molecule has 0 heterocycles. The zero-order valence-corrected chi connectivity index (χ0v) is 32.0. The van der Waals surface area contributed by atoms with Gasteiger partial charge in [-0.2, -0.15) is 0 Å². The molecule has 0 N–H and O–H groups in total. The van der Waals surface area contributed by atoms with Crippen LogP contribution in [-0.2, 0) is 0 Å². The molecule has 0 aliphatic heterocycles. The van der Waals surface area contributed by atoms with Gasteiger partial charge in [0.25, 0.3) is 0 Å². The molecule has 0 unspecified atom stereocenters. The van der Waals surface area contributed by atoms with Crippen LogP contribution in [0.3, 0.4) is 0 Å². The highest BCUT2D eigenvalue weighted by Gasteiger charge is 2.25. The van der Waals surface area contributed by atoms with E-state index in [0.29, 0.717) is 0 Å². The van der Waals surface area contributed by atoms with Crippen molar-refractivity contribution in [3.8, 4) is 0 Å². The second-order valence-corrected chi connectivity index (χ2v) is 15.2. The summed E-state index contributed by atoms with van der Waals surface area (Å²) in [6.45, 7) is 15.3. The van der Waals surface area contributed by atoms with Gasteiger partial charge in [0.1, 0.15) is 0 Å². The first-order chi connectivity index (χ1) is 21.7. The van der Waals surface area contributed by atoms with Gasteiger partial charge in [-0.3, -0.25) is 0 Å². The molecule has 0 fully saturated rings. The SMILES string of the molecule is CCCCCCCCCCCC[N+](CCCCCCC)(CCCCCCCCCCCC)CCCCCCCCCCCC. The molecule has 0 rings (SSSR count). The Morgan fingerprint density at radius 3 is 0.477 bits per heavy atom. The quantitative estimate of drug-likeness (QED) is 0.0473. The Bertz CT molecular complexity index is 439. The van der Waals surface area contributed by atoms with Crippen LogP contribution in [0.5, 0.6) is 0 Å². The maximum absolute atomic E-state index is 2.36. The van der Waals surface area contributed by atoms with E-state index >= 15 is 0 Å². The Morgan fingerprint density at radius 1 is 0.182 bits per heavy atom. The largest absolute Gasteiger partial charge is 0.324 e. The molecule has 0 aromatic carbocycles. The molecule has 266 valence electrons. The van der Waals surface area contributed by atoms with Crippen molar-refractivity contribution in [1.82, 2.24) is 0 Å². The minimum Gasteiger partial charge on any atom is -0.324 e. The molecule has 0 aliphatic rings. The first kappa shape index (κ1) is 44.0. The van der Waals surface area contributed by atoms with E-state index in [-0.39, 0.29) is 0 Å². The minimum absolute atomic E-state index is 1.37. The van der Waals surface area contributed by atoms with Gasteiger partial charge < -0.3 is 4.48 Å². The molecule has 0 aliphatic carbocycles. The van der Waals surface area contributed by atoms with Crippen LogP contribution < -0.4 is 0 Å². The predicted octanol–water partition coefficient (Wildman–Crippen LogP) is 15.5. The summed E-state index contributed by atoms with van der Waals surface area (Å²) >= 11 is 0. The number of rotatable bonds is 39. The lowest BCUT2D eigenvalue weighted by atomic mass is 10.0. The summed E-state index contributed by atoms with van der Waals surface area (Å²) < 4.78 is 1.48. The molecule has 0 aromatic rings. The van der Waals surface area contributed by atoms with Crippen LogP contribution in [-0.4, -0.2) is 30.7 Å². The number of hydrogen-bond acceptors (Lipinski definition) is 0. The van der Waals surface area contributed by atoms with E-state index in [0.717, 1.165) is 0 Å². The molecular weight excluding hydrogens is 530 g/mol. The summed E-state index contributed by atoms with van der Waals surface area (Å²) in [5.74, 6) is 0. The standard InChI is InChI=1S/C43H90N/c1-5-9-13-17-20-23-26-29-33-37-41-44(40-36-32-16-12-8-4,42-38-34-30-27-24-21-18-14-10-6-2)43-39-35-31-28-25-22-19-15-11-7-3/h5-43H2,1-4H3/q+1. The van der Waals surface area contributed by atoms with Crippen molar-refractivity contribution in [3.63, 3.8) is 0 Å². The molecule has 1 nitrogen and oxygen atoms in total. The molecule has 1 heteroatoms. The van der Waals surface area contributed by atoms with E-state index in [2.05, 4.69) is 27.7 Å². The van der Waals surface area contributed by atoms with Crippen molar-refractivity contribution in [2.75, 3.05) is 26.2 Å². The van der Waals surface area contributed by atoms with Crippen LogP contribution in [0.25, 0.3) is 0 Å². The molecule has 0 aromatic heterocycles. The molecule has 44 heavy (non-hydrogen) atoms. The van der Waals surface area contributed by atoms with Crippen molar-refractivity contribution in [1.29, 1.82) is 0 Å². The topological polar surface area (TPSA) is 0 Å². The Hall–Kier alpha value is -0.0400. The first-order valence-corrected chi connectivity index (χ1v) is 21.6. The maximum Gasteiger partial charge on any atom is 0.0786 e. The molecule has 0 spiro atoms. The van der Waals surface area contributed by atoms with Crippen LogP contribution in [0.1, 0.15) is 252 Å². The van der Waals surface area contributed by atoms with Crippen LogP contribution in [0, 0.1) is 0 Å². The highest BCUT2D eigenvalue weighted by atomic mass is 15.3. The van der Waals surface area contributed by atoms with E-state index in [9.17, 15) is 0 Å². The molecule has 0 atom stereocenters. The number of hydrogen-bond donors (Lipinski definition) is 0. The van der Waals surface area contributed by atoms with Gasteiger partial charge in [0.15, 0.2) is 0 Å². The van der Waals surface area contributed by atoms with Gasteiger partial charge in [-0.1, -0.05) is 201 Å². The smallest absolute Gasteiger partial charge is 0.0786 e. The molecule has 0 radical (unpaired) electrons. The average molecular weight is 621 g/mol. The Balaban J connectivity index is 4.72. The number of quaternary nitrogens is 1. The fourth-order valence-electron chi connectivity index (χ4n) is 7.53. The van der Waals surface area contributed by atoms with Crippen molar-refractivity contribution in [2.24, 2.45) is 0 Å². The van der Waals surface area contributed by atoms with E-state index < -0.39 is 0 Å². The van der Waals surface area contributed by atoms with Crippen LogP contribution >= 0.6 is 0 Å². The minimum atomic E-state index is 1.37. The fraction of sp³-hybridized carbons (Fsp3) is 1.00. The zero-order valence-electron chi connectivity index (χ0n) is 32.0. The van der Waals surface area contributed by atoms with E-state index in [1.165, 1.54) is 255 Å². The summed E-state index contributed by atoms with van der Waals surface area (Å²) in [7, 11) is 0. The van der Waals surface area contributed by atoms with Crippen molar-refractivity contribution in [2.45, 2.75) is 252 Å². The van der Waals surface area contributed by atoms with Gasteiger partial charge in [-0.15, -0.1) is 0 Å². The van der Waals surface area contributed by atoms with Crippen molar-refractivity contribution < 1.29 is 4.48 Å². The van der Waals surface area contributed by atoms with E-state index in [1.54, 1.807) is 0 Å². The maximum atomic E-state index is 2.36. The monoisotopic (exact) mass is 621 g/mol.